The Hall–Kier alpha value is -2.05. The second kappa shape index (κ2) is 8.13. The minimum absolute atomic E-state index is 0.0457. The quantitative estimate of drug-likeness (QED) is 0.559. The molecule has 0 fully saturated rings. The number of sulfonamides is 2. The van der Waals surface area contributed by atoms with Crippen LogP contribution in [0.4, 0.5) is 0 Å². The second-order valence-electron chi connectivity index (χ2n) is 5.79. The van der Waals surface area contributed by atoms with E-state index >= 15 is 0 Å². The highest BCUT2D eigenvalue weighted by atomic mass is 32.2. The number of benzene rings is 2. The van der Waals surface area contributed by atoms with Crippen molar-refractivity contribution in [2.45, 2.75) is 23.3 Å². The van der Waals surface area contributed by atoms with Gasteiger partial charge in [0, 0.05) is 13.2 Å². The number of nitrogens with two attached hydrogens (primary N) is 1. The molecule has 0 saturated carbocycles. The lowest BCUT2D eigenvalue weighted by atomic mass is 10.3. The number of aromatic nitrogens is 1. The lowest BCUT2D eigenvalue weighted by Gasteiger charge is -2.06. The molecule has 0 radical (unpaired) electrons. The molecule has 1 heterocycles. The van der Waals surface area contributed by atoms with Crippen LogP contribution >= 0.6 is 11.3 Å². The van der Waals surface area contributed by atoms with E-state index in [1.54, 1.807) is 28.8 Å². The number of rotatable bonds is 7. The van der Waals surface area contributed by atoms with Gasteiger partial charge in [-0.3, -0.25) is 0 Å². The third-order valence-electron chi connectivity index (χ3n) is 3.89. The van der Waals surface area contributed by atoms with Gasteiger partial charge in [0.2, 0.25) is 14.8 Å². The van der Waals surface area contributed by atoms with Crippen LogP contribution in [0.3, 0.4) is 0 Å². The van der Waals surface area contributed by atoms with Gasteiger partial charge in [-0.25, -0.2) is 13.6 Å². The van der Waals surface area contributed by atoms with Crippen LogP contribution in [0.25, 0.3) is 10.2 Å². The summed E-state index contributed by atoms with van der Waals surface area (Å²) in [4.78, 5) is 0.259. The summed E-state index contributed by atoms with van der Waals surface area (Å²) >= 11 is 1.08. The Bertz CT molecular complexity index is 1260. The Morgan fingerprint density at radius 3 is 2.43 bits per heavy atom. The van der Waals surface area contributed by atoms with Crippen LogP contribution < -0.4 is 9.94 Å². The molecule has 0 amide bonds. The Kier molecular flexibility index (Phi) is 6.01. The van der Waals surface area contributed by atoms with E-state index in [2.05, 4.69) is 4.40 Å². The zero-order valence-corrected chi connectivity index (χ0v) is 17.4. The predicted molar refractivity (Wildman–Crippen MR) is 107 cm³/mol. The van der Waals surface area contributed by atoms with Crippen molar-refractivity contribution in [1.29, 1.82) is 0 Å². The highest BCUT2D eigenvalue weighted by Gasteiger charge is 2.16. The van der Waals surface area contributed by atoms with Crippen molar-refractivity contribution in [1.82, 2.24) is 4.57 Å². The molecule has 2 aromatic carbocycles. The highest BCUT2D eigenvalue weighted by Crippen LogP contribution is 2.22. The van der Waals surface area contributed by atoms with Gasteiger partial charge in [0.1, 0.15) is 0 Å². The summed E-state index contributed by atoms with van der Waals surface area (Å²) in [6.07, 6.45) is 0. The summed E-state index contributed by atoms with van der Waals surface area (Å²) in [5, 5.41) is 5.20. The number of hydrogen-bond acceptors (Lipinski definition) is 6. The average Bonchev–Trinajstić information content (AvgIpc) is 2.98. The fourth-order valence-corrected chi connectivity index (χ4v) is 5.50. The summed E-state index contributed by atoms with van der Waals surface area (Å²) in [6.45, 7) is 3.11. The van der Waals surface area contributed by atoms with Crippen LogP contribution in [0.2, 0.25) is 0 Å². The van der Waals surface area contributed by atoms with Gasteiger partial charge in [-0.15, -0.1) is 4.40 Å². The summed E-state index contributed by atoms with van der Waals surface area (Å²) < 4.78 is 60.2. The molecule has 0 aliphatic heterocycles. The molecule has 28 heavy (non-hydrogen) atoms. The Morgan fingerprint density at radius 1 is 1.07 bits per heavy atom. The molecule has 3 rings (SSSR count). The van der Waals surface area contributed by atoms with E-state index in [1.807, 2.05) is 6.92 Å². The van der Waals surface area contributed by atoms with E-state index in [4.69, 9.17) is 9.88 Å². The Morgan fingerprint density at radius 2 is 1.79 bits per heavy atom. The van der Waals surface area contributed by atoms with E-state index in [9.17, 15) is 16.8 Å². The number of fused-ring (bicyclic) bond motifs is 1. The van der Waals surface area contributed by atoms with Gasteiger partial charge in [-0.2, -0.15) is 8.42 Å². The summed E-state index contributed by atoms with van der Waals surface area (Å²) in [5.41, 5.74) is 0.652. The maximum Gasteiger partial charge on any atom is 0.285 e. The number of thiazole rings is 1. The third kappa shape index (κ3) is 4.50. The van der Waals surface area contributed by atoms with Gasteiger partial charge in [-0.1, -0.05) is 29.5 Å². The van der Waals surface area contributed by atoms with Gasteiger partial charge in [0.15, 0.2) is 0 Å². The van der Waals surface area contributed by atoms with Crippen molar-refractivity contribution in [2.24, 2.45) is 9.54 Å². The number of ether oxygens (including phenoxy) is 1. The highest BCUT2D eigenvalue weighted by molar-refractivity contribution is 7.90. The molecule has 0 unspecified atom stereocenters. The van der Waals surface area contributed by atoms with Gasteiger partial charge in [0.25, 0.3) is 10.0 Å². The van der Waals surface area contributed by atoms with Crippen molar-refractivity contribution in [3.05, 3.63) is 53.3 Å². The lowest BCUT2D eigenvalue weighted by molar-refractivity contribution is 0.139. The van der Waals surface area contributed by atoms with Crippen LogP contribution in [-0.4, -0.2) is 34.6 Å². The van der Waals surface area contributed by atoms with Crippen molar-refractivity contribution in [3.8, 4) is 0 Å². The number of primary sulfonamides is 1. The summed E-state index contributed by atoms with van der Waals surface area (Å²) in [7, 11) is -7.79. The van der Waals surface area contributed by atoms with Crippen LogP contribution in [0.1, 0.15) is 6.92 Å². The Balaban J connectivity index is 2.20. The van der Waals surface area contributed by atoms with Crippen LogP contribution in [0.5, 0.6) is 0 Å². The molecular formula is C17H19N3O5S3. The molecule has 0 aliphatic carbocycles. The molecule has 0 atom stereocenters. The maximum atomic E-state index is 12.7. The largest absolute Gasteiger partial charge is 0.380 e. The van der Waals surface area contributed by atoms with Crippen LogP contribution in [0.15, 0.2) is 62.7 Å². The molecular weight excluding hydrogens is 422 g/mol. The summed E-state index contributed by atoms with van der Waals surface area (Å²) in [6, 6.07) is 12.3. The fraction of sp³-hybridized carbons (Fsp3) is 0.235. The standard InChI is InChI=1S/C17H19N3O5S3/c1-2-25-11-10-20-15-9-8-14(27(18,21)22)12-16(15)26-17(20)19-28(23,24)13-6-4-3-5-7-13/h3-9,12H,2,10-11H2,1H3,(H2,18,21,22). The first kappa shape index (κ1) is 20.7. The van der Waals surface area contributed by atoms with Crippen LogP contribution in [0, 0.1) is 0 Å². The van der Waals surface area contributed by atoms with Gasteiger partial charge < -0.3 is 9.30 Å². The van der Waals surface area contributed by atoms with Crippen LogP contribution in [-0.2, 0) is 31.3 Å². The monoisotopic (exact) mass is 441 g/mol. The molecule has 11 heteroatoms. The first-order valence-corrected chi connectivity index (χ1v) is 12.1. The Labute approximate surface area is 167 Å². The normalized spacial score (nSPS) is 13.3. The molecule has 8 nitrogen and oxygen atoms in total. The van der Waals surface area contributed by atoms with Crippen molar-refractivity contribution in [2.75, 3.05) is 13.2 Å². The second-order valence-corrected chi connectivity index (χ2v) is 9.96. The topological polar surface area (TPSA) is 121 Å². The van der Waals surface area contributed by atoms with E-state index in [0.29, 0.717) is 30.0 Å². The van der Waals surface area contributed by atoms with Crippen molar-refractivity contribution >= 4 is 41.6 Å². The van der Waals surface area contributed by atoms with Crippen molar-refractivity contribution < 1.29 is 21.6 Å². The molecule has 0 bridgehead atoms. The average molecular weight is 442 g/mol. The molecule has 2 N–H and O–H groups in total. The minimum atomic E-state index is -3.92. The molecule has 0 spiro atoms. The molecule has 3 aromatic rings. The first-order chi connectivity index (χ1) is 13.2. The third-order valence-corrected chi connectivity index (χ3v) is 7.23. The number of nitrogens with zero attached hydrogens (tertiary/aromatic N) is 2. The van der Waals surface area contributed by atoms with E-state index in [1.165, 1.54) is 24.3 Å². The maximum absolute atomic E-state index is 12.7. The van der Waals surface area contributed by atoms with E-state index in [0.717, 1.165) is 11.3 Å². The number of hydrogen-bond donors (Lipinski definition) is 1. The first-order valence-electron chi connectivity index (χ1n) is 8.32. The van der Waals surface area contributed by atoms with Crippen molar-refractivity contribution in [3.63, 3.8) is 0 Å². The van der Waals surface area contributed by atoms with Gasteiger partial charge >= 0.3 is 0 Å². The van der Waals surface area contributed by atoms with E-state index in [-0.39, 0.29) is 14.6 Å². The summed E-state index contributed by atoms with van der Waals surface area (Å²) in [5.74, 6) is 0. The van der Waals surface area contributed by atoms with Gasteiger partial charge in [0.05, 0.1) is 26.6 Å². The predicted octanol–water partition coefficient (Wildman–Crippen LogP) is 1.68. The molecule has 0 saturated heterocycles. The fourth-order valence-electron chi connectivity index (χ4n) is 2.56. The zero-order chi connectivity index (χ0) is 20.4. The molecule has 1 aromatic heterocycles. The minimum Gasteiger partial charge on any atom is -0.380 e. The smallest absolute Gasteiger partial charge is 0.285 e. The van der Waals surface area contributed by atoms with E-state index < -0.39 is 20.0 Å². The SMILES string of the molecule is CCOCCn1c(=NS(=O)(=O)c2ccccc2)sc2cc(S(N)(=O)=O)ccc21. The molecule has 150 valence electrons. The molecule has 0 aliphatic rings. The van der Waals surface area contributed by atoms with Gasteiger partial charge in [-0.05, 0) is 37.3 Å². The zero-order valence-electron chi connectivity index (χ0n) is 15.0. The lowest BCUT2D eigenvalue weighted by Crippen LogP contribution is -2.20.